The molecule has 6 nitrogen and oxygen atoms in total. The van der Waals surface area contributed by atoms with E-state index in [0.29, 0.717) is 23.2 Å². The van der Waals surface area contributed by atoms with Gasteiger partial charge in [-0.1, -0.05) is 11.3 Å². The van der Waals surface area contributed by atoms with E-state index in [1.165, 1.54) is 7.11 Å². The molecule has 106 valence electrons. The molecule has 1 aliphatic heterocycles. The predicted octanol–water partition coefficient (Wildman–Crippen LogP) is 2.23. The van der Waals surface area contributed by atoms with Crippen LogP contribution in [0.15, 0.2) is 12.1 Å². The molecule has 1 saturated heterocycles. The van der Waals surface area contributed by atoms with Crippen LogP contribution in [-0.2, 0) is 9.47 Å². The Morgan fingerprint density at radius 2 is 2.30 bits per heavy atom. The number of benzene rings is 1. The Morgan fingerprint density at radius 3 is 3.00 bits per heavy atom. The molecule has 0 saturated carbocycles. The summed E-state index contributed by atoms with van der Waals surface area (Å²) in [5, 5.41) is 8.31. The smallest absolute Gasteiger partial charge is 0.340 e. The van der Waals surface area contributed by atoms with Crippen LogP contribution < -0.4 is 0 Å². The van der Waals surface area contributed by atoms with E-state index >= 15 is 0 Å². The molecule has 1 aromatic carbocycles. The Kier molecular flexibility index (Phi) is 3.40. The zero-order chi connectivity index (χ0) is 14.1. The van der Waals surface area contributed by atoms with E-state index in [4.69, 9.17) is 9.47 Å². The lowest BCUT2D eigenvalue weighted by atomic mass is 10.1. The molecule has 3 rings (SSSR count). The molecular weight excluding hydrogens is 258 g/mol. The van der Waals surface area contributed by atoms with E-state index in [2.05, 4.69) is 10.3 Å². The Balaban J connectivity index is 2.18. The lowest BCUT2D eigenvalue weighted by Gasteiger charge is -2.23. The highest BCUT2D eigenvalue weighted by molar-refractivity contribution is 6.03. The Hall–Kier alpha value is -1.95. The number of hydrogen-bond acceptors (Lipinski definition) is 5. The van der Waals surface area contributed by atoms with Crippen LogP contribution in [-0.4, -0.2) is 34.7 Å². The first-order valence-corrected chi connectivity index (χ1v) is 6.77. The fourth-order valence-electron chi connectivity index (χ4n) is 2.61. The highest BCUT2D eigenvalue weighted by Gasteiger charge is 2.24. The van der Waals surface area contributed by atoms with Gasteiger partial charge in [-0.3, -0.25) is 0 Å². The molecule has 1 fully saturated rings. The van der Waals surface area contributed by atoms with Gasteiger partial charge in [0.05, 0.1) is 12.7 Å². The van der Waals surface area contributed by atoms with Crippen LogP contribution in [0.3, 0.4) is 0 Å². The van der Waals surface area contributed by atoms with Crippen molar-refractivity contribution in [2.24, 2.45) is 0 Å². The van der Waals surface area contributed by atoms with Crippen LogP contribution in [0.2, 0.25) is 0 Å². The van der Waals surface area contributed by atoms with E-state index in [0.717, 1.165) is 24.8 Å². The molecule has 2 aromatic rings. The van der Waals surface area contributed by atoms with Crippen LogP contribution >= 0.6 is 0 Å². The maximum Gasteiger partial charge on any atom is 0.340 e. The number of ether oxygens (including phenoxy) is 2. The number of esters is 1. The maximum absolute atomic E-state index is 12.0. The molecule has 1 aromatic heterocycles. The second kappa shape index (κ2) is 5.20. The van der Waals surface area contributed by atoms with Crippen molar-refractivity contribution in [2.75, 3.05) is 13.7 Å². The Labute approximate surface area is 116 Å². The zero-order valence-electron chi connectivity index (χ0n) is 11.6. The van der Waals surface area contributed by atoms with Crippen LogP contribution in [0, 0.1) is 6.92 Å². The summed E-state index contributed by atoms with van der Waals surface area (Å²) in [6, 6.07) is 3.72. The van der Waals surface area contributed by atoms with Crippen LogP contribution in [0.1, 0.15) is 41.4 Å². The average molecular weight is 275 g/mol. The van der Waals surface area contributed by atoms with Gasteiger partial charge in [-0.2, -0.15) is 0 Å². The summed E-state index contributed by atoms with van der Waals surface area (Å²) in [6.45, 7) is 2.59. The van der Waals surface area contributed by atoms with E-state index < -0.39 is 0 Å². The van der Waals surface area contributed by atoms with E-state index in [1.54, 1.807) is 4.68 Å². The van der Waals surface area contributed by atoms with E-state index in [1.807, 2.05) is 19.1 Å². The normalized spacial score (nSPS) is 19.2. The third-order valence-electron chi connectivity index (χ3n) is 3.66. The molecular formula is C14H17N3O3. The van der Waals surface area contributed by atoms with Gasteiger partial charge in [-0.15, -0.1) is 5.10 Å². The molecule has 6 heteroatoms. The summed E-state index contributed by atoms with van der Waals surface area (Å²) in [7, 11) is 1.38. The van der Waals surface area contributed by atoms with Crippen molar-refractivity contribution in [2.45, 2.75) is 32.4 Å². The van der Waals surface area contributed by atoms with Gasteiger partial charge in [0.15, 0.2) is 6.23 Å². The van der Waals surface area contributed by atoms with Crippen LogP contribution in [0.4, 0.5) is 0 Å². The first-order valence-electron chi connectivity index (χ1n) is 6.77. The fraction of sp³-hybridized carbons (Fsp3) is 0.500. The fourth-order valence-corrected chi connectivity index (χ4v) is 2.61. The lowest BCUT2D eigenvalue weighted by Crippen LogP contribution is -2.20. The molecule has 0 amide bonds. The zero-order valence-corrected chi connectivity index (χ0v) is 11.6. The van der Waals surface area contributed by atoms with E-state index in [-0.39, 0.29) is 12.2 Å². The van der Waals surface area contributed by atoms with Gasteiger partial charge in [-0.25, -0.2) is 9.48 Å². The molecule has 0 bridgehead atoms. The van der Waals surface area contributed by atoms with Gasteiger partial charge in [0.1, 0.15) is 11.0 Å². The Bertz CT molecular complexity index is 644. The van der Waals surface area contributed by atoms with E-state index in [9.17, 15) is 4.79 Å². The van der Waals surface area contributed by atoms with Gasteiger partial charge in [0, 0.05) is 6.61 Å². The van der Waals surface area contributed by atoms with Crippen molar-refractivity contribution < 1.29 is 14.3 Å². The van der Waals surface area contributed by atoms with Crippen molar-refractivity contribution in [3.8, 4) is 0 Å². The van der Waals surface area contributed by atoms with Gasteiger partial charge in [0.2, 0.25) is 0 Å². The minimum Gasteiger partial charge on any atom is -0.465 e. The summed E-state index contributed by atoms with van der Waals surface area (Å²) in [5.41, 5.74) is 2.75. The highest BCUT2D eigenvalue weighted by Crippen LogP contribution is 2.28. The standard InChI is InChI=1S/C14H17N3O3/c1-9-6-7-10-13(12(9)14(18)19-2)17(16-15-10)11-5-3-4-8-20-11/h6-7,11H,3-5,8H2,1-2H3. The van der Waals surface area contributed by atoms with Crippen molar-refractivity contribution in [1.82, 2.24) is 15.0 Å². The first kappa shape index (κ1) is 13.1. The highest BCUT2D eigenvalue weighted by atomic mass is 16.5. The number of hydrogen-bond donors (Lipinski definition) is 0. The SMILES string of the molecule is COC(=O)c1c(C)ccc2nnn(C3CCCCO3)c12. The number of aromatic nitrogens is 3. The molecule has 1 atom stereocenters. The topological polar surface area (TPSA) is 66.2 Å². The number of nitrogens with zero attached hydrogens (tertiary/aromatic N) is 3. The number of fused-ring (bicyclic) bond motifs is 1. The third kappa shape index (κ3) is 2.06. The molecule has 0 radical (unpaired) electrons. The number of methoxy groups -OCH3 is 1. The largest absolute Gasteiger partial charge is 0.465 e. The quantitative estimate of drug-likeness (QED) is 0.786. The van der Waals surface area contributed by atoms with Gasteiger partial charge in [0.25, 0.3) is 0 Å². The monoisotopic (exact) mass is 275 g/mol. The molecule has 1 unspecified atom stereocenters. The van der Waals surface area contributed by atoms with Crippen molar-refractivity contribution in [3.05, 3.63) is 23.3 Å². The van der Waals surface area contributed by atoms with Crippen LogP contribution in [0.5, 0.6) is 0 Å². The number of aryl methyl sites for hydroxylation is 1. The molecule has 2 heterocycles. The summed E-state index contributed by atoms with van der Waals surface area (Å²) in [5.74, 6) is -0.368. The first-order chi connectivity index (χ1) is 9.72. The summed E-state index contributed by atoms with van der Waals surface area (Å²) in [4.78, 5) is 12.0. The van der Waals surface area contributed by atoms with Crippen molar-refractivity contribution in [1.29, 1.82) is 0 Å². The molecule has 1 aliphatic rings. The average Bonchev–Trinajstić information content (AvgIpc) is 2.91. The van der Waals surface area contributed by atoms with Crippen LogP contribution in [0.25, 0.3) is 11.0 Å². The van der Waals surface area contributed by atoms with Gasteiger partial charge in [-0.05, 0) is 37.8 Å². The van der Waals surface area contributed by atoms with Gasteiger partial charge < -0.3 is 9.47 Å². The van der Waals surface area contributed by atoms with Crippen molar-refractivity contribution in [3.63, 3.8) is 0 Å². The summed E-state index contributed by atoms with van der Waals surface area (Å²) in [6.07, 6.45) is 2.88. The predicted molar refractivity (Wildman–Crippen MR) is 72.4 cm³/mol. The number of rotatable bonds is 2. The molecule has 20 heavy (non-hydrogen) atoms. The molecule has 0 aliphatic carbocycles. The summed E-state index contributed by atoms with van der Waals surface area (Å²) < 4.78 is 12.4. The number of carbonyl (C=O) groups is 1. The second-order valence-corrected chi connectivity index (χ2v) is 4.97. The Morgan fingerprint density at radius 1 is 1.45 bits per heavy atom. The lowest BCUT2D eigenvalue weighted by molar-refractivity contribution is -0.0378. The minimum absolute atomic E-state index is 0.154. The third-order valence-corrected chi connectivity index (χ3v) is 3.66. The van der Waals surface area contributed by atoms with Gasteiger partial charge >= 0.3 is 5.97 Å². The maximum atomic E-state index is 12.0. The molecule has 0 spiro atoms. The molecule has 0 N–H and O–H groups in total. The summed E-state index contributed by atoms with van der Waals surface area (Å²) >= 11 is 0. The minimum atomic E-state index is -0.368. The van der Waals surface area contributed by atoms with Crippen molar-refractivity contribution >= 4 is 17.0 Å². The second-order valence-electron chi connectivity index (χ2n) is 4.97. The number of carbonyl (C=O) groups excluding carboxylic acids is 1.